The highest BCUT2D eigenvalue weighted by Gasteiger charge is 1.85. The van der Waals surface area contributed by atoms with Gasteiger partial charge in [0.05, 0.1) is 5.55 Å². The molecule has 0 radical (unpaired) electrons. The first-order valence-electron chi connectivity index (χ1n) is 2.55. The average Bonchev–Trinajstić information content (AvgIpc) is 1.66. The topological polar surface area (TPSA) is 12.4 Å². The summed E-state index contributed by atoms with van der Waals surface area (Å²) in [5.74, 6) is 0. The molecule has 0 amide bonds. The van der Waals surface area contributed by atoms with Gasteiger partial charge in [0.1, 0.15) is 0 Å². The van der Waals surface area contributed by atoms with Gasteiger partial charge in [-0.1, -0.05) is 20.4 Å². The minimum absolute atomic E-state index is 0.624. The molecule has 0 aromatic heterocycles. The van der Waals surface area contributed by atoms with Gasteiger partial charge in [-0.2, -0.15) is 0 Å². The van der Waals surface area contributed by atoms with Gasteiger partial charge in [-0.3, -0.25) is 4.99 Å². The minimum atomic E-state index is 0.624. The Morgan fingerprint density at radius 3 is 2.62 bits per heavy atom. The van der Waals surface area contributed by atoms with Crippen LogP contribution in [-0.4, -0.2) is 10.8 Å². The SMILES string of the molecule is C=C/N=C\SC(C)C. The van der Waals surface area contributed by atoms with Gasteiger partial charge in [-0.25, -0.2) is 0 Å². The quantitative estimate of drug-likeness (QED) is 0.420. The van der Waals surface area contributed by atoms with E-state index >= 15 is 0 Å². The minimum Gasteiger partial charge on any atom is -0.258 e. The zero-order valence-electron chi connectivity index (χ0n) is 5.29. The van der Waals surface area contributed by atoms with Crippen molar-refractivity contribution in [3.8, 4) is 0 Å². The van der Waals surface area contributed by atoms with E-state index < -0.39 is 0 Å². The second kappa shape index (κ2) is 4.91. The van der Waals surface area contributed by atoms with Crippen molar-refractivity contribution in [1.82, 2.24) is 0 Å². The number of nitrogens with zero attached hydrogens (tertiary/aromatic N) is 1. The van der Waals surface area contributed by atoms with E-state index in [1.165, 1.54) is 6.20 Å². The van der Waals surface area contributed by atoms with Crippen LogP contribution in [-0.2, 0) is 0 Å². The maximum Gasteiger partial charge on any atom is 0.0598 e. The number of rotatable bonds is 3. The Bertz CT molecular complexity index is 86.5. The predicted molar refractivity (Wildman–Crippen MR) is 41.4 cm³/mol. The highest BCUT2D eigenvalue weighted by Crippen LogP contribution is 2.03. The van der Waals surface area contributed by atoms with Gasteiger partial charge in [-0.05, 0) is 0 Å². The third-order valence-corrected chi connectivity index (χ3v) is 1.29. The van der Waals surface area contributed by atoms with Gasteiger partial charge in [-0.15, -0.1) is 11.8 Å². The molecule has 0 aliphatic carbocycles. The number of hydrogen-bond donors (Lipinski definition) is 0. The highest BCUT2D eigenvalue weighted by atomic mass is 32.2. The van der Waals surface area contributed by atoms with Crippen LogP contribution in [0.4, 0.5) is 0 Å². The molecular weight excluding hydrogens is 118 g/mol. The highest BCUT2D eigenvalue weighted by molar-refractivity contribution is 8.12. The second-order valence-electron chi connectivity index (χ2n) is 1.62. The largest absolute Gasteiger partial charge is 0.258 e. The van der Waals surface area contributed by atoms with E-state index in [4.69, 9.17) is 0 Å². The van der Waals surface area contributed by atoms with Crippen molar-refractivity contribution < 1.29 is 0 Å². The van der Waals surface area contributed by atoms with E-state index in [1.54, 1.807) is 17.3 Å². The van der Waals surface area contributed by atoms with Crippen molar-refractivity contribution in [3.05, 3.63) is 12.8 Å². The molecule has 0 spiro atoms. The van der Waals surface area contributed by atoms with Crippen molar-refractivity contribution >= 4 is 17.3 Å². The van der Waals surface area contributed by atoms with Crippen LogP contribution >= 0.6 is 11.8 Å². The lowest BCUT2D eigenvalue weighted by molar-refractivity contribution is 1.12. The summed E-state index contributed by atoms with van der Waals surface area (Å²) >= 11 is 1.69. The van der Waals surface area contributed by atoms with Gasteiger partial charge < -0.3 is 0 Å². The van der Waals surface area contributed by atoms with Gasteiger partial charge >= 0.3 is 0 Å². The van der Waals surface area contributed by atoms with Crippen LogP contribution in [0.5, 0.6) is 0 Å². The van der Waals surface area contributed by atoms with E-state index in [9.17, 15) is 0 Å². The Morgan fingerprint density at radius 2 is 2.25 bits per heavy atom. The molecule has 0 bridgehead atoms. The van der Waals surface area contributed by atoms with Crippen molar-refractivity contribution in [3.63, 3.8) is 0 Å². The molecule has 0 heterocycles. The first-order chi connectivity index (χ1) is 3.77. The lowest BCUT2D eigenvalue weighted by Crippen LogP contribution is -1.83. The molecule has 1 nitrogen and oxygen atoms in total. The van der Waals surface area contributed by atoms with Crippen molar-refractivity contribution in [1.29, 1.82) is 0 Å². The summed E-state index contributed by atoms with van der Waals surface area (Å²) in [6.45, 7) is 7.70. The van der Waals surface area contributed by atoms with Crippen LogP contribution in [0.25, 0.3) is 0 Å². The summed E-state index contributed by atoms with van der Waals surface area (Å²) in [7, 11) is 0. The van der Waals surface area contributed by atoms with Crippen LogP contribution in [0, 0.1) is 0 Å². The molecule has 0 rings (SSSR count). The standard InChI is InChI=1S/C6H11NS/c1-4-7-5-8-6(2)3/h4-6H,1H2,2-3H3/b7-5-. The van der Waals surface area contributed by atoms with Crippen LogP contribution in [0.2, 0.25) is 0 Å². The molecule has 2 heteroatoms. The Balaban J connectivity index is 3.15. The molecule has 0 unspecified atom stereocenters. The Kier molecular flexibility index (Phi) is 4.76. The van der Waals surface area contributed by atoms with Gasteiger partial charge in [0.2, 0.25) is 0 Å². The van der Waals surface area contributed by atoms with Crippen LogP contribution in [0.3, 0.4) is 0 Å². The first-order valence-corrected chi connectivity index (χ1v) is 3.49. The van der Waals surface area contributed by atoms with Crippen LogP contribution < -0.4 is 0 Å². The maximum absolute atomic E-state index is 3.81. The average molecular weight is 129 g/mol. The first kappa shape index (κ1) is 7.76. The Morgan fingerprint density at radius 1 is 1.62 bits per heavy atom. The third kappa shape index (κ3) is 5.76. The summed E-state index contributed by atoms with van der Waals surface area (Å²) in [5, 5.41) is 0.624. The van der Waals surface area contributed by atoms with Gasteiger partial charge in [0.25, 0.3) is 0 Å². The fourth-order valence-corrected chi connectivity index (χ4v) is 0.600. The smallest absolute Gasteiger partial charge is 0.0598 e. The number of hydrogen-bond acceptors (Lipinski definition) is 2. The lowest BCUT2D eigenvalue weighted by Gasteiger charge is -1.93. The van der Waals surface area contributed by atoms with E-state index in [-0.39, 0.29) is 0 Å². The van der Waals surface area contributed by atoms with Gasteiger partial charge in [0, 0.05) is 11.4 Å². The summed E-state index contributed by atoms with van der Waals surface area (Å²) < 4.78 is 0. The van der Waals surface area contributed by atoms with E-state index in [2.05, 4.69) is 25.4 Å². The molecule has 0 aliphatic heterocycles. The maximum atomic E-state index is 3.81. The van der Waals surface area contributed by atoms with E-state index in [0.29, 0.717) is 5.25 Å². The van der Waals surface area contributed by atoms with Crippen molar-refractivity contribution in [2.75, 3.05) is 0 Å². The van der Waals surface area contributed by atoms with Crippen LogP contribution in [0.15, 0.2) is 17.8 Å². The molecular formula is C6H11NS. The van der Waals surface area contributed by atoms with Crippen molar-refractivity contribution in [2.24, 2.45) is 4.99 Å². The molecule has 0 N–H and O–H groups in total. The number of aliphatic imine (C=N–C) groups is 1. The summed E-state index contributed by atoms with van der Waals surface area (Å²) in [6, 6.07) is 0. The normalized spacial score (nSPS) is 10.9. The molecule has 0 saturated carbocycles. The van der Waals surface area contributed by atoms with Crippen molar-refractivity contribution in [2.45, 2.75) is 19.1 Å². The molecule has 8 heavy (non-hydrogen) atoms. The molecule has 0 saturated heterocycles. The summed E-state index contributed by atoms with van der Waals surface area (Å²) in [4.78, 5) is 3.81. The fourth-order valence-electron chi connectivity index (χ4n) is 0.200. The molecule has 0 fully saturated rings. The van der Waals surface area contributed by atoms with Gasteiger partial charge in [0.15, 0.2) is 0 Å². The van der Waals surface area contributed by atoms with E-state index in [1.807, 2.05) is 0 Å². The molecule has 0 aromatic carbocycles. The zero-order valence-corrected chi connectivity index (χ0v) is 6.11. The van der Waals surface area contributed by atoms with E-state index in [0.717, 1.165) is 0 Å². The monoisotopic (exact) mass is 129 g/mol. The second-order valence-corrected chi connectivity index (χ2v) is 3.05. The zero-order chi connectivity index (χ0) is 6.41. The van der Waals surface area contributed by atoms with Crippen LogP contribution in [0.1, 0.15) is 13.8 Å². The molecule has 46 valence electrons. The Hall–Kier alpha value is -0.240. The Labute approximate surface area is 54.9 Å². The number of thioether (sulfide) groups is 1. The molecule has 0 atom stereocenters. The lowest BCUT2D eigenvalue weighted by atomic mass is 10.6. The summed E-state index contributed by atoms with van der Waals surface area (Å²) in [5.41, 5.74) is 1.80. The predicted octanol–water partition coefficient (Wildman–Crippen LogP) is 2.30. The third-order valence-electron chi connectivity index (χ3n) is 0.499. The fraction of sp³-hybridized carbons (Fsp3) is 0.500. The molecule has 0 aliphatic rings. The molecule has 0 aromatic rings. The summed E-state index contributed by atoms with van der Waals surface area (Å²) in [6.07, 6.45) is 1.54.